The number of halogens is 1. The van der Waals surface area contributed by atoms with E-state index >= 15 is 0 Å². The van der Waals surface area contributed by atoms with Gasteiger partial charge in [0.1, 0.15) is 11.9 Å². The number of non-ortho nitro benzene ring substituents is 1. The number of hydrogen-bond donors (Lipinski definition) is 1. The van der Waals surface area contributed by atoms with Crippen LogP contribution in [0, 0.1) is 16.0 Å². The molecule has 1 N–H and O–H groups in total. The third-order valence-corrected chi connectivity index (χ3v) is 6.26. The highest BCUT2D eigenvalue weighted by atomic mass is 35.5. The number of ether oxygens (including phenoxy) is 1. The van der Waals surface area contributed by atoms with Gasteiger partial charge in [0.15, 0.2) is 0 Å². The number of rotatable bonds is 4. The van der Waals surface area contributed by atoms with Crippen molar-refractivity contribution < 1.29 is 14.5 Å². The fourth-order valence-electron chi connectivity index (χ4n) is 4.76. The number of amides is 1. The van der Waals surface area contributed by atoms with Gasteiger partial charge in [-0.3, -0.25) is 14.9 Å². The van der Waals surface area contributed by atoms with E-state index in [9.17, 15) is 14.9 Å². The van der Waals surface area contributed by atoms with Gasteiger partial charge in [0.2, 0.25) is 5.91 Å². The number of carbonyl (C=O) groups excluding carboxylic acids is 1. The van der Waals surface area contributed by atoms with Gasteiger partial charge in [-0.15, -0.1) is 12.4 Å². The first-order valence-electron chi connectivity index (χ1n) is 10.1. The van der Waals surface area contributed by atoms with Gasteiger partial charge in [-0.05, 0) is 37.3 Å². The van der Waals surface area contributed by atoms with Gasteiger partial charge in [0.25, 0.3) is 5.69 Å². The smallest absolute Gasteiger partial charge is 0.269 e. The number of nitrogens with one attached hydrogen (secondary N) is 1. The maximum atomic E-state index is 12.9. The van der Waals surface area contributed by atoms with Gasteiger partial charge in [0, 0.05) is 44.1 Å². The fraction of sp³-hybridized carbons (Fsp3) is 0.650. The summed E-state index contributed by atoms with van der Waals surface area (Å²) in [5, 5.41) is 14.3. The van der Waals surface area contributed by atoms with Crippen LogP contribution in [0.3, 0.4) is 0 Å². The molecule has 1 aromatic carbocycles. The molecule has 3 unspecified atom stereocenters. The van der Waals surface area contributed by atoms with Gasteiger partial charge < -0.3 is 15.0 Å². The normalized spacial score (nSPS) is 27.6. The standard InChI is InChI=1S/C20H27N3O4.ClH/c24-20(19-13-14-3-1-2-4-18(14)21-19)22-11-9-17(10-12-22)27-16-7-5-15(6-8-16)23(25)26;/h5-8,14,17-19,21H,1-4,9-13H2;1H. The third-order valence-electron chi connectivity index (χ3n) is 6.26. The van der Waals surface area contributed by atoms with Crippen LogP contribution >= 0.6 is 12.4 Å². The van der Waals surface area contributed by atoms with Crippen molar-refractivity contribution in [3.05, 3.63) is 34.4 Å². The third kappa shape index (κ3) is 4.58. The van der Waals surface area contributed by atoms with E-state index in [1.807, 2.05) is 4.90 Å². The first kappa shape index (κ1) is 20.9. The van der Waals surface area contributed by atoms with E-state index < -0.39 is 4.92 Å². The summed E-state index contributed by atoms with van der Waals surface area (Å²) < 4.78 is 5.94. The summed E-state index contributed by atoms with van der Waals surface area (Å²) in [5.41, 5.74) is 0.0624. The summed E-state index contributed by atoms with van der Waals surface area (Å²) >= 11 is 0. The van der Waals surface area contributed by atoms with E-state index in [1.54, 1.807) is 12.1 Å². The number of hydrogen-bond acceptors (Lipinski definition) is 5. The van der Waals surface area contributed by atoms with E-state index in [1.165, 1.54) is 37.8 Å². The molecule has 154 valence electrons. The molecular formula is C20H28ClN3O4. The second kappa shape index (κ2) is 9.09. The van der Waals surface area contributed by atoms with E-state index in [0.29, 0.717) is 30.8 Å². The lowest BCUT2D eigenvalue weighted by atomic mass is 9.85. The molecule has 3 fully saturated rings. The van der Waals surface area contributed by atoms with Crippen LogP contribution in [-0.4, -0.2) is 47.0 Å². The van der Waals surface area contributed by atoms with Crippen molar-refractivity contribution >= 4 is 24.0 Å². The van der Waals surface area contributed by atoms with E-state index in [0.717, 1.165) is 19.3 Å². The van der Waals surface area contributed by atoms with Crippen molar-refractivity contribution in [2.45, 2.75) is 63.1 Å². The molecule has 0 radical (unpaired) electrons. The minimum absolute atomic E-state index is 0. The average molecular weight is 410 g/mol. The predicted molar refractivity (Wildman–Crippen MR) is 108 cm³/mol. The Bertz CT molecular complexity index is 677. The zero-order valence-corrected chi connectivity index (χ0v) is 16.7. The SMILES string of the molecule is Cl.O=C(C1CC2CCCCC2N1)N1CCC(Oc2ccc([N+](=O)[O-])cc2)CC1. The second-order valence-electron chi connectivity index (χ2n) is 8.00. The van der Waals surface area contributed by atoms with E-state index in [-0.39, 0.29) is 36.1 Å². The molecule has 1 aromatic rings. The molecule has 0 bridgehead atoms. The van der Waals surface area contributed by atoms with Crippen LogP contribution in [0.25, 0.3) is 0 Å². The zero-order valence-electron chi connectivity index (χ0n) is 15.9. The Balaban J connectivity index is 0.00000225. The van der Waals surface area contributed by atoms with Crippen LogP contribution in [0.4, 0.5) is 5.69 Å². The van der Waals surface area contributed by atoms with Crippen LogP contribution in [0.15, 0.2) is 24.3 Å². The molecule has 1 amide bonds. The first-order chi connectivity index (χ1) is 13.1. The molecule has 3 aliphatic rings. The molecule has 0 spiro atoms. The van der Waals surface area contributed by atoms with Crippen LogP contribution in [-0.2, 0) is 4.79 Å². The minimum Gasteiger partial charge on any atom is -0.490 e. The fourth-order valence-corrected chi connectivity index (χ4v) is 4.76. The molecule has 2 saturated heterocycles. The monoisotopic (exact) mass is 409 g/mol. The maximum absolute atomic E-state index is 12.9. The Labute approximate surface area is 171 Å². The molecule has 2 aliphatic heterocycles. The highest BCUT2D eigenvalue weighted by Crippen LogP contribution is 2.34. The minimum atomic E-state index is -0.416. The van der Waals surface area contributed by atoms with Crippen molar-refractivity contribution in [1.82, 2.24) is 10.2 Å². The molecule has 1 aliphatic carbocycles. The molecule has 2 heterocycles. The van der Waals surface area contributed by atoms with Gasteiger partial charge >= 0.3 is 0 Å². The molecule has 8 heteroatoms. The summed E-state index contributed by atoms with van der Waals surface area (Å²) in [6.45, 7) is 1.42. The number of nitrogens with zero attached hydrogens (tertiary/aromatic N) is 2. The molecular weight excluding hydrogens is 382 g/mol. The van der Waals surface area contributed by atoms with Crippen LogP contribution in [0.1, 0.15) is 44.9 Å². The molecule has 1 saturated carbocycles. The lowest BCUT2D eigenvalue weighted by molar-refractivity contribution is -0.384. The summed E-state index contributed by atoms with van der Waals surface area (Å²) in [5.74, 6) is 1.57. The van der Waals surface area contributed by atoms with Crippen molar-refractivity contribution in [1.29, 1.82) is 0 Å². The quantitative estimate of drug-likeness (QED) is 0.609. The van der Waals surface area contributed by atoms with Gasteiger partial charge in [-0.25, -0.2) is 0 Å². The lowest BCUT2D eigenvalue weighted by Gasteiger charge is -2.33. The van der Waals surface area contributed by atoms with Crippen molar-refractivity contribution in [2.24, 2.45) is 5.92 Å². The largest absolute Gasteiger partial charge is 0.490 e. The average Bonchev–Trinajstić information content (AvgIpc) is 3.13. The number of piperidine rings is 1. The van der Waals surface area contributed by atoms with E-state index in [4.69, 9.17) is 4.74 Å². The number of likely N-dealkylation sites (tertiary alicyclic amines) is 1. The highest BCUT2D eigenvalue weighted by molar-refractivity contribution is 5.85. The Hall–Kier alpha value is -1.86. The number of fused-ring (bicyclic) bond motifs is 1. The Morgan fingerprint density at radius 3 is 2.43 bits per heavy atom. The Morgan fingerprint density at radius 2 is 1.79 bits per heavy atom. The Kier molecular flexibility index (Phi) is 6.78. The summed E-state index contributed by atoms with van der Waals surface area (Å²) in [6.07, 6.45) is 7.67. The summed E-state index contributed by atoms with van der Waals surface area (Å²) in [4.78, 5) is 25.1. The predicted octanol–water partition coefficient (Wildman–Crippen LogP) is 3.31. The number of benzene rings is 1. The van der Waals surface area contributed by atoms with Crippen molar-refractivity contribution in [3.8, 4) is 5.75 Å². The van der Waals surface area contributed by atoms with E-state index in [2.05, 4.69) is 5.32 Å². The Morgan fingerprint density at radius 1 is 1.11 bits per heavy atom. The van der Waals surface area contributed by atoms with Gasteiger partial charge in [-0.2, -0.15) is 0 Å². The highest BCUT2D eigenvalue weighted by Gasteiger charge is 2.40. The summed E-state index contributed by atoms with van der Waals surface area (Å²) in [7, 11) is 0. The van der Waals surface area contributed by atoms with Crippen molar-refractivity contribution in [2.75, 3.05) is 13.1 Å². The molecule has 0 aromatic heterocycles. The number of carbonyl (C=O) groups is 1. The molecule has 3 atom stereocenters. The number of nitro groups is 1. The van der Waals surface area contributed by atoms with Crippen LogP contribution in [0.5, 0.6) is 5.75 Å². The first-order valence-corrected chi connectivity index (χ1v) is 10.1. The topological polar surface area (TPSA) is 84.7 Å². The molecule has 28 heavy (non-hydrogen) atoms. The molecule has 4 rings (SSSR count). The van der Waals surface area contributed by atoms with Crippen LogP contribution in [0.2, 0.25) is 0 Å². The lowest BCUT2D eigenvalue weighted by Crippen LogP contribution is -2.49. The van der Waals surface area contributed by atoms with Gasteiger partial charge in [-0.1, -0.05) is 12.8 Å². The molecule has 7 nitrogen and oxygen atoms in total. The maximum Gasteiger partial charge on any atom is 0.269 e. The van der Waals surface area contributed by atoms with Crippen molar-refractivity contribution in [3.63, 3.8) is 0 Å². The summed E-state index contributed by atoms with van der Waals surface area (Å²) in [6, 6.07) is 6.72. The number of nitro benzene ring substituents is 1. The van der Waals surface area contributed by atoms with Crippen LogP contribution < -0.4 is 10.1 Å². The van der Waals surface area contributed by atoms with Gasteiger partial charge in [0.05, 0.1) is 11.0 Å². The zero-order chi connectivity index (χ0) is 18.8. The second-order valence-corrected chi connectivity index (χ2v) is 8.00.